The van der Waals surface area contributed by atoms with Crippen molar-refractivity contribution < 1.29 is 9.84 Å². The van der Waals surface area contributed by atoms with Gasteiger partial charge in [-0.2, -0.15) is 0 Å². The number of nitrogens with zero attached hydrogens (tertiary/aromatic N) is 2. The lowest BCUT2D eigenvalue weighted by atomic mass is 10.2. The summed E-state index contributed by atoms with van der Waals surface area (Å²) in [5.41, 5.74) is 0.816. The van der Waals surface area contributed by atoms with Gasteiger partial charge >= 0.3 is 0 Å². The third kappa shape index (κ3) is 2.22. The fourth-order valence-corrected chi connectivity index (χ4v) is 3.19. The molecular formula is C14H14N2O3S. The van der Waals surface area contributed by atoms with Crippen molar-refractivity contribution >= 4 is 17.4 Å². The maximum absolute atomic E-state index is 12.2. The summed E-state index contributed by atoms with van der Waals surface area (Å²) in [5, 5.41) is 9.57. The molecule has 104 valence electrons. The molecule has 0 atom stereocenters. The first-order chi connectivity index (χ1) is 9.69. The van der Waals surface area contributed by atoms with Crippen LogP contribution in [0.2, 0.25) is 0 Å². The summed E-state index contributed by atoms with van der Waals surface area (Å²) < 4.78 is 7.44. The summed E-state index contributed by atoms with van der Waals surface area (Å²) in [6, 6.07) is 5.01. The van der Waals surface area contributed by atoms with E-state index in [0.717, 1.165) is 29.9 Å². The van der Waals surface area contributed by atoms with Crippen molar-refractivity contribution in [1.29, 1.82) is 0 Å². The lowest BCUT2D eigenvalue weighted by Gasteiger charge is -2.03. The van der Waals surface area contributed by atoms with Gasteiger partial charge in [-0.15, -0.1) is 0 Å². The number of fused-ring (bicyclic) bond motifs is 1. The molecule has 1 aliphatic heterocycles. The van der Waals surface area contributed by atoms with E-state index in [4.69, 9.17) is 4.74 Å². The second-order valence-corrected chi connectivity index (χ2v) is 5.53. The summed E-state index contributed by atoms with van der Waals surface area (Å²) in [4.78, 5) is 17.4. The first-order valence-electron chi connectivity index (χ1n) is 6.32. The topological polar surface area (TPSA) is 63.8 Å². The van der Waals surface area contributed by atoms with Gasteiger partial charge in [0.2, 0.25) is 0 Å². The molecule has 0 amide bonds. The third-order valence-corrected chi connectivity index (χ3v) is 4.22. The minimum Gasteiger partial charge on any atom is -0.504 e. The lowest BCUT2D eigenvalue weighted by molar-refractivity contribution is 0.373. The number of phenolic OH excluding ortho intramolecular Hbond substituents is 1. The standard InChI is InChI=1S/C14H14N2O3S/c1-19-11-7-9(3-4-10(11)17)8-12-13(18)16-6-2-5-15-14(16)20-12/h3-4,7-8,17H,2,5-6H2,1H3. The van der Waals surface area contributed by atoms with E-state index >= 15 is 0 Å². The monoisotopic (exact) mass is 290 g/mol. The van der Waals surface area contributed by atoms with Crippen molar-refractivity contribution in [2.24, 2.45) is 4.99 Å². The first-order valence-corrected chi connectivity index (χ1v) is 7.13. The van der Waals surface area contributed by atoms with Crippen LogP contribution in [0, 0.1) is 0 Å². The Kier molecular flexibility index (Phi) is 3.31. The molecule has 2 heterocycles. The van der Waals surface area contributed by atoms with Gasteiger partial charge in [-0.3, -0.25) is 14.4 Å². The van der Waals surface area contributed by atoms with E-state index in [0.29, 0.717) is 10.3 Å². The predicted octanol–water partition coefficient (Wildman–Crippen LogP) is 0.476. The molecule has 6 heteroatoms. The molecule has 0 spiro atoms. The fourth-order valence-electron chi connectivity index (χ4n) is 2.16. The number of phenols is 1. The van der Waals surface area contributed by atoms with Gasteiger partial charge in [0, 0.05) is 13.1 Å². The van der Waals surface area contributed by atoms with Gasteiger partial charge in [-0.25, -0.2) is 0 Å². The summed E-state index contributed by atoms with van der Waals surface area (Å²) in [5.74, 6) is 0.478. The Bertz CT molecular complexity index is 820. The number of aromatic hydroxyl groups is 1. The van der Waals surface area contributed by atoms with Crippen molar-refractivity contribution in [2.45, 2.75) is 13.0 Å². The number of hydrogen-bond donors (Lipinski definition) is 1. The average molecular weight is 290 g/mol. The Morgan fingerprint density at radius 3 is 3.10 bits per heavy atom. The summed E-state index contributed by atoms with van der Waals surface area (Å²) in [7, 11) is 1.50. The van der Waals surface area contributed by atoms with E-state index in [1.807, 2.05) is 0 Å². The van der Waals surface area contributed by atoms with Crippen LogP contribution in [0.15, 0.2) is 28.0 Å². The number of aromatic nitrogens is 1. The second-order valence-electron chi connectivity index (χ2n) is 4.52. The van der Waals surface area contributed by atoms with Crippen LogP contribution in [-0.2, 0) is 6.54 Å². The molecule has 1 aromatic heterocycles. The van der Waals surface area contributed by atoms with Gasteiger partial charge in [0.05, 0.1) is 11.6 Å². The van der Waals surface area contributed by atoms with Crippen molar-refractivity contribution in [2.75, 3.05) is 13.7 Å². The highest BCUT2D eigenvalue weighted by molar-refractivity contribution is 7.07. The predicted molar refractivity (Wildman–Crippen MR) is 77.1 cm³/mol. The zero-order valence-corrected chi connectivity index (χ0v) is 11.8. The fraction of sp³-hybridized carbons (Fsp3) is 0.286. The average Bonchev–Trinajstić information content (AvgIpc) is 2.78. The molecule has 0 saturated heterocycles. The minimum absolute atomic E-state index is 0.000455. The van der Waals surface area contributed by atoms with Crippen LogP contribution in [0.4, 0.5) is 0 Å². The van der Waals surface area contributed by atoms with Crippen LogP contribution in [-0.4, -0.2) is 23.3 Å². The number of thiazole rings is 1. The highest BCUT2D eigenvalue weighted by Gasteiger charge is 2.09. The van der Waals surface area contributed by atoms with Gasteiger partial charge in [-0.05, 0) is 30.2 Å². The molecule has 0 fully saturated rings. The molecule has 1 aliphatic rings. The lowest BCUT2D eigenvalue weighted by Crippen LogP contribution is -2.33. The molecule has 3 rings (SSSR count). The smallest absolute Gasteiger partial charge is 0.270 e. The zero-order valence-electron chi connectivity index (χ0n) is 11.0. The Balaban J connectivity index is 2.14. The maximum Gasteiger partial charge on any atom is 0.270 e. The van der Waals surface area contributed by atoms with E-state index in [2.05, 4.69) is 4.99 Å². The molecule has 1 N–H and O–H groups in total. The Labute approximate surface area is 119 Å². The molecule has 1 aromatic carbocycles. The summed E-state index contributed by atoms with van der Waals surface area (Å²) in [6.45, 7) is 1.52. The number of ether oxygens (including phenoxy) is 1. The SMILES string of the molecule is COc1cc(C=c2sc3n(c2=O)CCCN=3)ccc1O. The zero-order chi connectivity index (χ0) is 14.1. The van der Waals surface area contributed by atoms with E-state index in [-0.39, 0.29) is 11.3 Å². The molecule has 2 aromatic rings. The van der Waals surface area contributed by atoms with E-state index in [1.165, 1.54) is 18.4 Å². The normalized spacial score (nSPS) is 14.8. The van der Waals surface area contributed by atoms with Crippen LogP contribution in [0.25, 0.3) is 6.08 Å². The van der Waals surface area contributed by atoms with E-state index < -0.39 is 0 Å². The second kappa shape index (κ2) is 5.13. The van der Waals surface area contributed by atoms with Crippen molar-refractivity contribution in [3.8, 4) is 11.5 Å². The largest absolute Gasteiger partial charge is 0.504 e. The van der Waals surface area contributed by atoms with Crippen molar-refractivity contribution in [3.05, 3.63) is 43.5 Å². The molecule has 0 radical (unpaired) electrons. The van der Waals surface area contributed by atoms with Crippen LogP contribution in [0.1, 0.15) is 12.0 Å². The van der Waals surface area contributed by atoms with Gasteiger partial charge in [0.25, 0.3) is 5.56 Å². The van der Waals surface area contributed by atoms with Crippen LogP contribution in [0.3, 0.4) is 0 Å². The molecule has 0 aliphatic carbocycles. The van der Waals surface area contributed by atoms with E-state index in [9.17, 15) is 9.90 Å². The minimum atomic E-state index is 0.000455. The van der Waals surface area contributed by atoms with Gasteiger partial charge in [0.15, 0.2) is 16.3 Å². The molecule has 5 nitrogen and oxygen atoms in total. The van der Waals surface area contributed by atoms with Gasteiger partial charge < -0.3 is 9.84 Å². The number of benzene rings is 1. The van der Waals surface area contributed by atoms with Crippen LogP contribution >= 0.6 is 11.3 Å². The molecule has 0 bridgehead atoms. The van der Waals surface area contributed by atoms with Crippen LogP contribution in [0.5, 0.6) is 11.5 Å². The summed E-state index contributed by atoms with van der Waals surface area (Å²) >= 11 is 1.40. The van der Waals surface area contributed by atoms with E-state index in [1.54, 1.807) is 28.8 Å². The molecule has 0 unspecified atom stereocenters. The van der Waals surface area contributed by atoms with Crippen molar-refractivity contribution in [3.63, 3.8) is 0 Å². The molecular weight excluding hydrogens is 276 g/mol. The van der Waals surface area contributed by atoms with Gasteiger partial charge in [0.1, 0.15) is 0 Å². The first kappa shape index (κ1) is 12.9. The third-order valence-electron chi connectivity index (χ3n) is 3.18. The molecule has 20 heavy (non-hydrogen) atoms. The quantitative estimate of drug-likeness (QED) is 0.875. The highest BCUT2D eigenvalue weighted by atomic mass is 32.1. The Morgan fingerprint density at radius 2 is 2.35 bits per heavy atom. The van der Waals surface area contributed by atoms with Gasteiger partial charge in [-0.1, -0.05) is 17.4 Å². The number of hydrogen-bond acceptors (Lipinski definition) is 5. The summed E-state index contributed by atoms with van der Waals surface area (Å²) in [6.07, 6.45) is 2.71. The molecule has 0 saturated carbocycles. The highest BCUT2D eigenvalue weighted by Crippen LogP contribution is 2.26. The van der Waals surface area contributed by atoms with Crippen LogP contribution < -0.4 is 19.6 Å². The number of rotatable bonds is 2. The Morgan fingerprint density at radius 1 is 1.50 bits per heavy atom. The number of methoxy groups -OCH3 is 1. The Hall–Kier alpha value is -2.08. The van der Waals surface area contributed by atoms with Crippen molar-refractivity contribution in [1.82, 2.24) is 4.57 Å². The maximum atomic E-state index is 12.2.